The third-order valence-corrected chi connectivity index (χ3v) is 4.09. The van der Waals surface area contributed by atoms with Gasteiger partial charge in [0.25, 0.3) is 0 Å². The van der Waals surface area contributed by atoms with Gasteiger partial charge in [0.15, 0.2) is 17.4 Å². The van der Waals surface area contributed by atoms with Gasteiger partial charge >= 0.3 is 0 Å². The summed E-state index contributed by atoms with van der Waals surface area (Å²) in [5.74, 6) is -1.86. The molecule has 126 valence electrons. The molecule has 1 fully saturated rings. The van der Waals surface area contributed by atoms with Gasteiger partial charge in [0.05, 0.1) is 6.54 Å². The molecule has 0 bridgehead atoms. The van der Waals surface area contributed by atoms with Crippen molar-refractivity contribution in [2.24, 2.45) is 0 Å². The molecule has 1 aromatic carbocycles. The number of aromatic hydroxyl groups is 1. The van der Waals surface area contributed by atoms with Crippen molar-refractivity contribution in [3.63, 3.8) is 0 Å². The zero-order valence-electron chi connectivity index (χ0n) is 12.4. The van der Waals surface area contributed by atoms with Crippen molar-refractivity contribution in [2.75, 3.05) is 13.1 Å². The molecule has 0 aliphatic carbocycles. The Bertz CT molecular complexity index is 814. The SMILES string of the molecule is O=c1cc(CN2C[C@@H]3Oc4c(F)ccc(F)c4O[C@@H]3C2)occ1O. The molecule has 0 amide bonds. The molecule has 1 aromatic heterocycles. The van der Waals surface area contributed by atoms with Gasteiger partial charge in [-0.25, -0.2) is 8.78 Å². The first-order valence-corrected chi connectivity index (χ1v) is 7.35. The van der Waals surface area contributed by atoms with Gasteiger partial charge in [-0.3, -0.25) is 9.69 Å². The van der Waals surface area contributed by atoms with Crippen LogP contribution in [0.4, 0.5) is 8.78 Å². The summed E-state index contributed by atoms with van der Waals surface area (Å²) in [5, 5.41) is 9.19. The lowest BCUT2D eigenvalue weighted by atomic mass is 10.2. The first-order chi connectivity index (χ1) is 11.5. The zero-order valence-corrected chi connectivity index (χ0v) is 12.4. The Hall–Kier alpha value is -2.61. The van der Waals surface area contributed by atoms with Crippen molar-refractivity contribution in [3.8, 4) is 17.2 Å². The second-order valence-corrected chi connectivity index (χ2v) is 5.79. The molecule has 1 N–H and O–H groups in total. The van der Waals surface area contributed by atoms with Crippen LogP contribution in [0.3, 0.4) is 0 Å². The zero-order chi connectivity index (χ0) is 16.8. The van der Waals surface area contributed by atoms with Crippen LogP contribution in [-0.4, -0.2) is 35.3 Å². The number of halogens is 2. The number of hydrogen-bond donors (Lipinski definition) is 1. The molecule has 0 saturated carbocycles. The van der Waals surface area contributed by atoms with Crippen LogP contribution in [0, 0.1) is 11.6 Å². The summed E-state index contributed by atoms with van der Waals surface area (Å²) in [6, 6.07) is 3.19. The first kappa shape index (κ1) is 14.9. The average Bonchev–Trinajstić information content (AvgIpc) is 2.94. The summed E-state index contributed by atoms with van der Waals surface area (Å²) in [5.41, 5.74) is -0.531. The Morgan fingerprint density at radius 3 is 2.25 bits per heavy atom. The number of benzene rings is 1. The minimum atomic E-state index is -0.673. The quantitative estimate of drug-likeness (QED) is 0.898. The Balaban J connectivity index is 1.51. The van der Waals surface area contributed by atoms with E-state index < -0.39 is 35.0 Å². The number of rotatable bonds is 2. The molecular formula is C16H13F2NO5. The van der Waals surface area contributed by atoms with Crippen LogP contribution in [0.25, 0.3) is 0 Å². The fraction of sp³-hybridized carbons (Fsp3) is 0.312. The fourth-order valence-electron chi connectivity index (χ4n) is 2.96. The molecule has 0 unspecified atom stereocenters. The van der Waals surface area contributed by atoms with Crippen LogP contribution in [0.1, 0.15) is 5.76 Å². The Labute approximate surface area is 134 Å². The van der Waals surface area contributed by atoms with E-state index in [2.05, 4.69) is 0 Å². The maximum Gasteiger partial charge on any atom is 0.226 e. The van der Waals surface area contributed by atoms with Gasteiger partial charge in [-0.15, -0.1) is 0 Å². The Morgan fingerprint density at radius 2 is 1.71 bits per heavy atom. The van der Waals surface area contributed by atoms with Gasteiger partial charge in [-0.05, 0) is 12.1 Å². The molecule has 2 aromatic rings. The monoisotopic (exact) mass is 337 g/mol. The maximum atomic E-state index is 13.8. The lowest BCUT2D eigenvalue weighted by Crippen LogP contribution is -2.39. The highest BCUT2D eigenvalue weighted by Crippen LogP contribution is 2.40. The predicted octanol–water partition coefficient (Wildman–Crippen LogP) is 1.65. The summed E-state index contributed by atoms with van der Waals surface area (Å²) in [6.45, 7) is 1.10. The molecule has 0 spiro atoms. The van der Waals surface area contributed by atoms with Gasteiger partial charge < -0.3 is 19.0 Å². The van der Waals surface area contributed by atoms with E-state index in [9.17, 15) is 18.7 Å². The summed E-state index contributed by atoms with van der Waals surface area (Å²) >= 11 is 0. The minimum Gasteiger partial charge on any atom is -0.502 e. The lowest BCUT2D eigenvalue weighted by Gasteiger charge is -2.28. The van der Waals surface area contributed by atoms with E-state index in [0.717, 1.165) is 18.4 Å². The van der Waals surface area contributed by atoms with E-state index in [-0.39, 0.29) is 18.0 Å². The second-order valence-electron chi connectivity index (χ2n) is 5.79. The van der Waals surface area contributed by atoms with Crippen molar-refractivity contribution in [1.82, 2.24) is 4.90 Å². The van der Waals surface area contributed by atoms with E-state index in [1.807, 2.05) is 4.90 Å². The largest absolute Gasteiger partial charge is 0.502 e. The molecule has 1 saturated heterocycles. The maximum absolute atomic E-state index is 13.8. The van der Waals surface area contributed by atoms with E-state index in [1.165, 1.54) is 6.07 Å². The van der Waals surface area contributed by atoms with Gasteiger partial charge in [-0.1, -0.05) is 0 Å². The molecule has 2 atom stereocenters. The van der Waals surface area contributed by atoms with E-state index >= 15 is 0 Å². The molecule has 24 heavy (non-hydrogen) atoms. The molecular weight excluding hydrogens is 324 g/mol. The molecule has 3 heterocycles. The molecule has 8 heteroatoms. The van der Waals surface area contributed by atoms with Crippen LogP contribution >= 0.6 is 0 Å². The van der Waals surface area contributed by atoms with Gasteiger partial charge in [-0.2, -0.15) is 0 Å². The Morgan fingerprint density at radius 1 is 1.12 bits per heavy atom. The summed E-state index contributed by atoms with van der Waals surface area (Å²) in [6.07, 6.45) is 0.0873. The molecule has 4 rings (SSSR count). The van der Waals surface area contributed by atoms with E-state index in [4.69, 9.17) is 13.9 Å². The average molecular weight is 337 g/mol. The molecule has 6 nitrogen and oxygen atoms in total. The normalized spacial score (nSPS) is 22.4. The van der Waals surface area contributed by atoms with Crippen molar-refractivity contribution in [2.45, 2.75) is 18.8 Å². The third-order valence-electron chi connectivity index (χ3n) is 4.09. The lowest BCUT2D eigenvalue weighted by molar-refractivity contribution is 0.0467. The number of likely N-dealkylation sites (tertiary alicyclic amines) is 1. The van der Waals surface area contributed by atoms with E-state index in [0.29, 0.717) is 18.8 Å². The number of hydrogen-bond acceptors (Lipinski definition) is 6. The van der Waals surface area contributed by atoms with Crippen LogP contribution in [0.15, 0.2) is 33.7 Å². The van der Waals surface area contributed by atoms with Gasteiger partial charge in [0.1, 0.15) is 24.2 Å². The van der Waals surface area contributed by atoms with Crippen LogP contribution in [0.5, 0.6) is 17.2 Å². The highest BCUT2D eigenvalue weighted by Gasteiger charge is 2.42. The summed E-state index contributed by atoms with van der Waals surface area (Å²) < 4.78 is 43.8. The minimum absolute atomic E-state index is 0.214. The predicted molar refractivity (Wildman–Crippen MR) is 77.1 cm³/mol. The van der Waals surface area contributed by atoms with Crippen LogP contribution in [0.2, 0.25) is 0 Å². The molecule has 2 aliphatic heterocycles. The van der Waals surface area contributed by atoms with Gasteiger partial charge in [0.2, 0.25) is 16.9 Å². The smallest absolute Gasteiger partial charge is 0.226 e. The van der Waals surface area contributed by atoms with Crippen LogP contribution < -0.4 is 14.9 Å². The van der Waals surface area contributed by atoms with E-state index in [1.54, 1.807) is 0 Å². The van der Waals surface area contributed by atoms with Crippen molar-refractivity contribution >= 4 is 0 Å². The molecule has 0 radical (unpaired) electrons. The second kappa shape index (κ2) is 5.48. The highest BCUT2D eigenvalue weighted by atomic mass is 19.1. The van der Waals surface area contributed by atoms with Crippen molar-refractivity contribution in [1.29, 1.82) is 0 Å². The van der Waals surface area contributed by atoms with Crippen molar-refractivity contribution in [3.05, 3.63) is 52.1 Å². The van der Waals surface area contributed by atoms with Crippen LogP contribution in [-0.2, 0) is 6.54 Å². The molecule has 2 aliphatic rings. The highest BCUT2D eigenvalue weighted by molar-refractivity contribution is 5.44. The third kappa shape index (κ3) is 2.48. The Kier molecular flexibility index (Phi) is 3.42. The summed E-state index contributed by atoms with van der Waals surface area (Å²) in [7, 11) is 0. The first-order valence-electron chi connectivity index (χ1n) is 7.35. The number of nitrogens with zero attached hydrogens (tertiary/aromatic N) is 1. The number of fused-ring (bicyclic) bond motifs is 2. The topological polar surface area (TPSA) is 72.1 Å². The summed E-state index contributed by atoms with van der Waals surface area (Å²) in [4.78, 5) is 13.3. The standard InChI is InChI=1S/C16H13F2NO5/c17-9-1-2-10(18)16-15(9)23-13-5-19(6-14(13)24-16)4-8-3-11(20)12(21)7-22-8/h1-3,7,13-14,21H,4-6H2/t13-,14+. The van der Waals surface area contributed by atoms with Gasteiger partial charge in [0, 0.05) is 19.2 Å². The number of ether oxygens (including phenoxy) is 2. The van der Waals surface area contributed by atoms with Crippen molar-refractivity contribution < 1.29 is 27.8 Å². The fourth-order valence-corrected chi connectivity index (χ4v) is 2.96.